The highest BCUT2D eigenvalue weighted by atomic mass is 32.1. The second kappa shape index (κ2) is 3.62. The van der Waals surface area contributed by atoms with Crippen LogP contribution in [0.5, 0.6) is 5.75 Å². The van der Waals surface area contributed by atoms with Gasteiger partial charge in [-0.1, -0.05) is 6.07 Å². The van der Waals surface area contributed by atoms with Crippen LogP contribution in [0.4, 0.5) is 0 Å². The molecule has 2 heteroatoms. The van der Waals surface area contributed by atoms with E-state index in [1.807, 2.05) is 6.92 Å². The highest BCUT2D eigenvalue weighted by Crippen LogP contribution is 2.35. The number of hydrogen-bond acceptors (Lipinski definition) is 2. The zero-order valence-corrected chi connectivity index (χ0v) is 9.57. The topological polar surface area (TPSA) is 9.23 Å². The lowest BCUT2D eigenvalue weighted by Gasteiger charge is -2.03. The molecule has 1 heterocycles. The molecule has 0 atom stereocenters. The molecule has 1 aromatic heterocycles. The van der Waals surface area contributed by atoms with Crippen LogP contribution in [-0.4, -0.2) is 6.61 Å². The largest absolute Gasteiger partial charge is 0.492 e. The molecule has 0 spiro atoms. The molecule has 0 fully saturated rings. The summed E-state index contributed by atoms with van der Waals surface area (Å²) >= 11 is 1.76. The monoisotopic (exact) mass is 206 g/mol. The number of hydrogen-bond donors (Lipinski definition) is 0. The second-order valence-electron chi connectivity index (χ2n) is 3.49. The predicted molar refractivity (Wildman–Crippen MR) is 62.5 cm³/mol. The summed E-state index contributed by atoms with van der Waals surface area (Å²) in [5, 5.41) is 3.38. The van der Waals surface area contributed by atoms with Gasteiger partial charge in [0.25, 0.3) is 0 Å². The summed E-state index contributed by atoms with van der Waals surface area (Å²) in [5.41, 5.74) is 2.63. The molecular weight excluding hydrogens is 192 g/mol. The lowest BCUT2D eigenvalue weighted by molar-refractivity contribution is 0.345. The van der Waals surface area contributed by atoms with Crippen LogP contribution >= 0.6 is 11.3 Å². The van der Waals surface area contributed by atoms with E-state index in [0.717, 1.165) is 12.4 Å². The molecule has 2 rings (SSSR count). The van der Waals surface area contributed by atoms with E-state index < -0.39 is 0 Å². The van der Waals surface area contributed by atoms with Crippen LogP contribution in [0.3, 0.4) is 0 Å². The highest BCUT2D eigenvalue weighted by Gasteiger charge is 2.07. The Balaban J connectivity index is 2.66. The first-order valence-electron chi connectivity index (χ1n) is 4.83. The quantitative estimate of drug-likeness (QED) is 0.723. The van der Waals surface area contributed by atoms with Crippen LogP contribution in [-0.2, 0) is 0 Å². The lowest BCUT2D eigenvalue weighted by atomic mass is 10.1. The zero-order chi connectivity index (χ0) is 10.1. The summed E-state index contributed by atoms with van der Waals surface area (Å²) in [6, 6.07) is 4.42. The Labute approximate surface area is 88.3 Å². The van der Waals surface area contributed by atoms with Crippen molar-refractivity contribution in [2.75, 3.05) is 6.61 Å². The molecule has 0 aliphatic carbocycles. The minimum atomic E-state index is 0.735. The average Bonchev–Trinajstić information content (AvgIpc) is 2.49. The third kappa shape index (κ3) is 1.50. The maximum atomic E-state index is 5.59. The van der Waals surface area contributed by atoms with Crippen molar-refractivity contribution in [3.8, 4) is 5.75 Å². The van der Waals surface area contributed by atoms with Gasteiger partial charge in [0.1, 0.15) is 5.75 Å². The van der Waals surface area contributed by atoms with Crippen molar-refractivity contribution in [1.29, 1.82) is 0 Å². The highest BCUT2D eigenvalue weighted by molar-refractivity contribution is 7.17. The molecule has 1 aromatic carbocycles. The smallest absolute Gasteiger partial charge is 0.138 e. The molecule has 0 unspecified atom stereocenters. The first kappa shape index (κ1) is 9.53. The van der Waals surface area contributed by atoms with Gasteiger partial charge in [0.15, 0.2) is 0 Å². The number of ether oxygens (including phenoxy) is 1. The fourth-order valence-corrected chi connectivity index (χ4v) is 2.83. The van der Waals surface area contributed by atoms with Crippen LogP contribution in [0.1, 0.15) is 18.1 Å². The first-order chi connectivity index (χ1) is 6.72. The Hall–Kier alpha value is -1.02. The van der Waals surface area contributed by atoms with Gasteiger partial charge >= 0.3 is 0 Å². The van der Waals surface area contributed by atoms with E-state index >= 15 is 0 Å². The summed E-state index contributed by atoms with van der Waals surface area (Å²) in [7, 11) is 0. The van der Waals surface area contributed by atoms with Crippen molar-refractivity contribution in [3.63, 3.8) is 0 Å². The van der Waals surface area contributed by atoms with Gasteiger partial charge < -0.3 is 4.74 Å². The normalized spacial score (nSPS) is 10.8. The number of thiophene rings is 1. The predicted octanol–water partition coefficient (Wildman–Crippen LogP) is 3.92. The summed E-state index contributed by atoms with van der Waals surface area (Å²) in [6.07, 6.45) is 0. The number of aryl methyl sites for hydroxylation is 2. The van der Waals surface area contributed by atoms with E-state index in [2.05, 4.69) is 31.4 Å². The fraction of sp³-hybridized carbons (Fsp3) is 0.333. The molecule has 0 bridgehead atoms. The van der Waals surface area contributed by atoms with Gasteiger partial charge in [-0.2, -0.15) is 0 Å². The van der Waals surface area contributed by atoms with E-state index in [1.165, 1.54) is 21.2 Å². The van der Waals surface area contributed by atoms with Crippen LogP contribution in [0.25, 0.3) is 10.1 Å². The van der Waals surface area contributed by atoms with E-state index in [1.54, 1.807) is 11.3 Å². The third-order valence-corrected chi connectivity index (χ3v) is 3.19. The molecule has 0 aliphatic rings. The molecule has 0 saturated carbocycles. The third-order valence-electron chi connectivity index (χ3n) is 2.28. The van der Waals surface area contributed by atoms with Gasteiger partial charge in [-0.3, -0.25) is 0 Å². The van der Waals surface area contributed by atoms with E-state index in [-0.39, 0.29) is 0 Å². The van der Waals surface area contributed by atoms with E-state index in [9.17, 15) is 0 Å². The zero-order valence-electron chi connectivity index (χ0n) is 8.76. The first-order valence-corrected chi connectivity index (χ1v) is 5.71. The lowest BCUT2D eigenvalue weighted by Crippen LogP contribution is -1.90. The molecule has 1 nitrogen and oxygen atoms in total. The van der Waals surface area contributed by atoms with Crippen molar-refractivity contribution < 1.29 is 4.74 Å². The molecule has 0 saturated heterocycles. The number of rotatable bonds is 2. The summed E-state index contributed by atoms with van der Waals surface area (Å²) in [6.45, 7) is 7.03. The molecular formula is C12H14OS. The molecule has 14 heavy (non-hydrogen) atoms. The Morgan fingerprint density at radius 3 is 2.79 bits per heavy atom. The van der Waals surface area contributed by atoms with Gasteiger partial charge in [0, 0.05) is 15.5 Å². The minimum absolute atomic E-state index is 0.735. The maximum absolute atomic E-state index is 5.59. The Morgan fingerprint density at radius 1 is 1.29 bits per heavy atom. The van der Waals surface area contributed by atoms with Crippen LogP contribution < -0.4 is 4.74 Å². The molecule has 0 N–H and O–H groups in total. The van der Waals surface area contributed by atoms with Crippen molar-refractivity contribution in [2.45, 2.75) is 20.8 Å². The number of benzene rings is 1. The molecule has 2 aromatic rings. The molecule has 0 amide bonds. The summed E-state index contributed by atoms with van der Waals surface area (Å²) in [4.78, 5) is 0. The number of fused-ring (bicyclic) bond motifs is 1. The van der Waals surface area contributed by atoms with Crippen LogP contribution in [0.15, 0.2) is 17.5 Å². The van der Waals surface area contributed by atoms with Gasteiger partial charge in [-0.05, 0) is 38.0 Å². The average molecular weight is 206 g/mol. The molecule has 0 radical (unpaired) electrons. The van der Waals surface area contributed by atoms with Crippen molar-refractivity contribution >= 4 is 21.4 Å². The minimum Gasteiger partial charge on any atom is -0.492 e. The van der Waals surface area contributed by atoms with E-state index in [0.29, 0.717) is 0 Å². The molecule has 74 valence electrons. The standard InChI is InChI=1S/C12H14OS/c1-4-13-10-7-14-11-6-8(2)5-9(3)12(10)11/h5-7H,4H2,1-3H3. The van der Waals surface area contributed by atoms with Crippen molar-refractivity contribution in [3.05, 3.63) is 28.6 Å². The van der Waals surface area contributed by atoms with Gasteiger partial charge in [-0.15, -0.1) is 11.3 Å². The SMILES string of the molecule is CCOc1csc2cc(C)cc(C)c12. The molecule has 0 aliphatic heterocycles. The van der Waals surface area contributed by atoms with Crippen molar-refractivity contribution in [2.24, 2.45) is 0 Å². The van der Waals surface area contributed by atoms with Gasteiger partial charge in [-0.25, -0.2) is 0 Å². The summed E-state index contributed by atoms with van der Waals surface area (Å²) in [5.74, 6) is 1.03. The van der Waals surface area contributed by atoms with Gasteiger partial charge in [0.05, 0.1) is 6.61 Å². The Bertz CT molecular complexity index is 457. The second-order valence-corrected chi connectivity index (χ2v) is 4.40. The van der Waals surface area contributed by atoms with Crippen molar-refractivity contribution in [1.82, 2.24) is 0 Å². The fourth-order valence-electron chi connectivity index (χ4n) is 1.77. The Kier molecular flexibility index (Phi) is 2.46. The van der Waals surface area contributed by atoms with Crippen LogP contribution in [0.2, 0.25) is 0 Å². The van der Waals surface area contributed by atoms with Crippen LogP contribution in [0, 0.1) is 13.8 Å². The summed E-state index contributed by atoms with van der Waals surface area (Å²) < 4.78 is 6.92. The van der Waals surface area contributed by atoms with Gasteiger partial charge in [0.2, 0.25) is 0 Å². The van der Waals surface area contributed by atoms with E-state index in [4.69, 9.17) is 4.74 Å². The Morgan fingerprint density at radius 2 is 2.07 bits per heavy atom. The maximum Gasteiger partial charge on any atom is 0.138 e.